The maximum atomic E-state index is 14.7. The first-order chi connectivity index (χ1) is 16.8. The van der Waals surface area contributed by atoms with E-state index in [2.05, 4.69) is 0 Å². The molecule has 0 bridgehead atoms. The second kappa shape index (κ2) is 10.7. The number of ether oxygens (including phenoxy) is 4. The van der Waals surface area contributed by atoms with Crippen LogP contribution in [0.25, 0.3) is 0 Å². The number of hydrogen-bond acceptors (Lipinski definition) is 11. The predicted molar refractivity (Wildman–Crippen MR) is 116 cm³/mol. The Morgan fingerprint density at radius 2 is 1.72 bits per heavy atom. The fraction of sp³-hybridized carbons (Fsp3) is 0.476. The predicted octanol–water partition coefficient (Wildman–Crippen LogP) is 1.01. The summed E-state index contributed by atoms with van der Waals surface area (Å²) >= 11 is 0. The van der Waals surface area contributed by atoms with Crippen molar-refractivity contribution in [1.82, 2.24) is 4.31 Å². The van der Waals surface area contributed by atoms with Crippen molar-refractivity contribution >= 4 is 33.6 Å². The number of carbonyl (C=O) groups excluding carboxylic acids is 3. The van der Waals surface area contributed by atoms with E-state index in [0.717, 1.165) is 39.0 Å². The number of sulfonamides is 1. The Labute approximate surface area is 204 Å². The highest BCUT2D eigenvalue weighted by molar-refractivity contribution is 7.89. The van der Waals surface area contributed by atoms with Crippen LogP contribution in [0.3, 0.4) is 0 Å². The van der Waals surface area contributed by atoms with Crippen LogP contribution in [-0.2, 0) is 43.4 Å². The summed E-state index contributed by atoms with van der Waals surface area (Å²) in [4.78, 5) is 45.1. The average molecular weight is 530 g/mol. The van der Waals surface area contributed by atoms with Gasteiger partial charge in [-0.05, 0) is 12.1 Å². The summed E-state index contributed by atoms with van der Waals surface area (Å²) < 4.78 is 63.9. The van der Waals surface area contributed by atoms with Crippen molar-refractivity contribution in [3.63, 3.8) is 0 Å². The summed E-state index contributed by atoms with van der Waals surface area (Å²) in [5.74, 6) is -3.39. The molecular formula is C21H23FN2O11S. The molecule has 0 aliphatic carbocycles. The van der Waals surface area contributed by atoms with E-state index < -0.39 is 92.9 Å². The summed E-state index contributed by atoms with van der Waals surface area (Å²) in [5.41, 5.74) is -0.756. The van der Waals surface area contributed by atoms with E-state index in [1.165, 1.54) is 12.1 Å². The molecule has 0 amide bonds. The molecule has 36 heavy (non-hydrogen) atoms. The SMILES string of the molecule is CC(=O)OC[C@H]1O[C@@H]2C=C(F)CN(S(=O)(=O)c3ccccc3[N+](=O)[O-])[C@@H]2[C@@H](OC(C)=O)[C@@H]1OC(C)=O. The zero-order valence-corrected chi connectivity index (χ0v) is 20.2. The summed E-state index contributed by atoms with van der Waals surface area (Å²) in [6.07, 6.45) is -4.72. The quantitative estimate of drug-likeness (QED) is 0.213. The number of nitrogens with zero attached hydrogens (tertiary/aromatic N) is 2. The van der Waals surface area contributed by atoms with E-state index in [9.17, 15) is 37.3 Å². The van der Waals surface area contributed by atoms with Gasteiger partial charge >= 0.3 is 17.9 Å². The van der Waals surface area contributed by atoms with E-state index in [4.69, 9.17) is 18.9 Å². The molecule has 1 fully saturated rings. The molecule has 2 heterocycles. The van der Waals surface area contributed by atoms with Crippen molar-refractivity contribution in [2.45, 2.75) is 56.1 Å². The number of nitro benzene ring substituents is 1. The minimum atomic E-state index is -4.79. The van der Waals surface area contributed by atoms with Crippen molar-refractivity contribution in [3.05, 3.63) is 46.3 Å². The Morgan fingerprint density at radius 3 is 2.31 bits per heavy atom. The number of benzene rings is 1. The van der Waals surface area contributed by atoms with Crippen LogP contribution >= 0.6 is 0 Å². The van der Waals surface area contributed by atoms with Crippen LogP contribution in [0.2, 0.25) is 0 Å². The van der Waals surface area contributed by atoms with Crippen LogP contribution in [0, 0.1) is 10.1 Å². The van der Waals surface area contributed by atoms with Crippen LogP contribution in [0.15, 0.2) is 41.1 Å². The molecule has 13 nitrogen and oxygen atoms in total. The van der Waals surface area contributed by atoms with Crippen LogP contribution in [-0.4, -0.2) is 79.2 Å². The molecule has 3 rings (SSSR count). The lowest BCUT2D eigenvalue weighted by molar-refractivity contribution is -0.387. The van der Waals surface area contributed by atoms with Crippen LogP contribution < -0.4 is 0 Å². The number of hydrogen-bond donors (Lipinski definition) is 0. The normalized spacial score (nSPS) is 26.2. The number of carbonyl (C=O) groups is 3. The van der Waals surface area contributed by atoms with E-state index >= 15 is 0 Å². The molecule has 0 spiro atoms. The first kappa shape index (κ1) is 27.2. The number of esters is 3. The molecular weight excluding hydrogens is 507 g/mol. The minimum absolute atomic E-state index is 0.485. The molecule has 0 aromatic heterocycles. The second-order valence-electron chi connectivity index (χ2n) is 7.97. The summed E-state index contributed by atoms with van der Waals surface area (Å²) in [6, 6.07) is 2.98. The Balaban J connectivity index is 2.15. The number of rotatable bonds is 7. The van der Waals surface area contributed by atoms with E-state index in [1.54, 1.807) is 0 Å². The molecule has 1 aromatic carbocycles. The topological polar surface area (TPSA) is 169 Å². The van der Waals surface area contributed by atoms with Gasteiger partial charge in [0.1, 0.15) is 18.5 Å². The number of para-hydroxylation sites is 1. The van der Waals surface area contributed by atoms with Crippen LogP contribution in [0.4, 0.5) is 10.1 Å². The summed E-state index contributed by atoms with van der Waals surface area (Å²) in [5, 5.41) is 11.5. The van der Waals surface area contributed by atoms with Gasteiger partial charge < -0.3 is 18.9 Å². The van der Waals surface area contributed by atoms with Gasteiger partial charge in [0.2, 0.25) is 0 Å². The van der Waals surface area contributed by atoms with Crippen molar-refractivity contribution in [1.29, 1.82) is 0 Å². The number of fused-ring (bicyclic) bond motifs is 1. The number of halogens is 1. The highest BCUT2D eigenvalue weighted by Gasteiger charge is 2.56. The Bertz CT molecular complexity index is 1200. The second-order valence-corrected chi connectivity index (χ2v) is 9.83. The third-order valence-corrected chi connectivity index (χ3v) is 7.27. The zero-order chi connectivity index (χ0) is 26.8. The minimum Gasteiger partial charge on any atom is -0.463 e. The maximum absolute atomic E-state index is 14.7. The van der Waals surface area contributed by atoms with E-state index in [1.807, 2.05) is 0 Å². The molecule has 1 aromatic rings. The molecule has 1 saturated heterocycles. The molecule has 5 atom stereocenters. The Kier molecular flexibility index (Phi) is 8.05. The first-order valence-electron chi connectivity index (χ1n) is 10.6. The Morgan fingerprint density at radius 1 is 1.11 bits per heavy atom. The van der Waals surface area contributed by atoms with Gasteiger partial charge in [0.05, 0.1) is 23.6 Å². The molecule has 0 saturated carbocycles. The summed E-state index contributed by atoms with van der Waals surface area (Å²) in [7, 11) is -4.79. The molecule has 15 heteroatoms. The lowest BCUT2D eigenvalue weighted by atomic mass is 9.90. The number of nitro groups is 1. The van der Waals surface area contributed by atoms with Gasteiger partial charge in [-0.2, -0.15) is 4.31 Å². The van der Waals surface area contributed by atoms with E-state index in [0.29, 0.717) is 4.31 Å². The monoisotopic (exact) mass is 530 g/mol. The highest BCUT2D eigenvalue weighted by atomic mass is 32.2. The van der Waals surface area contributed by atoms with Gasteiger partial charge in [0.15, 0.2) is 17.1 Å². The van der Waals surface area contributed by atoms with Gasteiger partial charge in [-0.15, -0.1) is 0 Å². The van der Waals surface area contributed by atoms with Gasteiger partial charge in [-0.25, -0.2) is 12.8 Å². The van der Waals surface area contributed by atoms with Gasteiger partial charge in [-0.3, -0.25) is 24.5 Å². The van der Waals surface area contributed by atoms with Crippen molar-refractivity contribution in [3.8, 4) is 0 Å². The van der Waals surface area contributed by atoms with Gasteiger partial charge in [0, 0.05) is 26.8 Å². The van der Waals surface area contributed by atoms with Crippen molar-refractivity contribution in [2.75, 3.05) is 13.2 Å². The maximum Gasteiger partial charge on any atom is 0.303 e. The zero-order valence-electron chi connectivity index (χ0n) is 19.4. The molecule has 0 unspecified atom stereocenters. The fourth-order valence-corrected chi connectivity index (χ4v) is 5.86. The molecule has 196 valence electrons. The van der Waals surface area contributed by atoms with Crippen LogP contribution in [0.1, 0.15) is 20.8 Å². The third kappa shape index (κ3) is 5.68. The van der Waals surface area contributed by atoms with Crippen molar-refractivity contribution in [2.24, 2.45) is 0 Å². The first-order valence-corrected chi connectivity index (χ1v) is 12.0. The van der Waals surface area contributed by atoms with Gasteiger partial charge in [-0.1, -0.05) is 12.1 Å². The Hall–Kier alpha value is -3.43. The molecule has 0 radical (unpaired) electrons. The van der Waals surface area contributed by atoms with E-state index in [-0.39, 0.29) is 0 Å². The molecule has 2 aliphatic heterocycles. The lowest BCUT2D eigenvalue weighted by Crippen LogP contribution is -2.67. The highest BCUT2D eigenvalue weighted by Crippen LogP contribution is 2.38. The lowest BCUT2D eigenvalue weighted by Gasteiger charge is -2.49. The smallest absolute Gasteiger partial charge is 0.303 e. The fourth-order valence-electron chi connectivity index (χ4n) is 4.10. The third-order valence-electron chi connectivity index (χ3n) is 5.38. The molecule has 2 aliphatic rings. The van der Waals surface area contributed by atoms with Gasteiger partial charge in [0.25, 0.3) is 15.7 Å². The largest absolute Gasteiger partial charge is 0.463 e. The average Bonchev–Trinajstić information content (AvgIpc) is 2.78. The van der Waals surface area contributed by atoms with Crippen LogP contribution in [0.5, 0.6) is 0 Å². The van der Waals surface area contributed by atoms with Crippen molar-refractivity contribution < 1.29 is 51.1 Å². The summed E-state index contributed by atoms with van der Waals surface area (Å²) in [6.45, 7) is 1.83. The molecule has 0 N–H and O–H groups in total. The standard InChI is InChI=1S/C21H23FN2O11S/c1-11(25)32-10-17-20(33-12(2)26)21(34-13(3)27)19-16(35-17)8-14(22)9-23(19)36(30,31)18-7-5-4-6-15(18)24(28)29/h4-8,16-17,19-21H,9-10H2,1-3H3/t16-,17-,19+,20-,21-/m1/s1.